The molecule has 1 aliphatic heterocycles. The van der Waals surface area contributed by atoms with E-state index in [0.29, 0.717) is 16.7 Å². The van der Waals surface area contributed by atoms with Crippen molar-refractivity contribution in [1.82, 2.24) is 9.80 Å². The number of hydrogen-bond acceptors (Lipinski definition) is 4. The van der Waals surface area contributed by atoms with Gasteiger partial charge in [-0.1, -0.05) is 0 Å². The van der Waals surface area contributed by atoms with Gasteiger partial charge in [0.05, 0.1) is 0 Å². The molecule has 1 saturated heterocycles. The molecular weight excluding hydrogens is 288 g/mol. The van der Waals surface area contributed by atoms with Crippen molar-refractivity contribution in [2.24, 2.45) is 0 Å². The summed E-state index contributed by atoms with van der Waals surface area (Å²) in [5.74, 6) is -0.633. The van der Waals surface area contributed by atoms with E-state index in [1.807, 2.05) is 0 Å². The molecule has 21 heavy (non-hydrogen) atoms. The number of aryl methyl sites for hydroxylation is 2. The molecule has 5 nitrogen and oxygen atoms in total. The Balaban J connectivity index is 2.51. The first-order chi connectivity index (χ1) is 9.73. The summed E-state index contributed by atoms with van der Waals surface area (Å²) >= 11 is 5.03. The number of benzene rings is 1. The highest BCUT2D eigenvalue weighted by molar-refractivity contribution is 7.80. The van der Waals surface area contributed by atoms with Gasteiger partial charge in [-0.25, -0.2) is 0 Å². The zero-order valence-corrected chi connectivity index (χ0v) is 13.1. The minimum absolute atomic E-state index is 0.0538. The topological polar surface area (TPSA) is 60.9 Å². The lowest BCUT2D eigenvalue weighted by Gasteiger charge is -2.31. The second-order valence-corrected chi connectivity index (χ2v) is 5.44. The van der Waals surface area contributed by atoms with Crippen molar-refractivity contribution < 1.29 is 14.7 Å². The lowest BCUT2D eigenvalue weighted by atomic mass is 10.0. The third-order valence-corrected chi connectivity index (χ3v) is 4.02. The molecule has 1 aliphatic rings. The molecule has 0 unspecified atom stereocenters. The van der Waals surface area contributed by atoms with E-state index in [1.165, 1.54) is 30.0 Å². The predicted octanol–water partition coefficient (Wildman–Crippen LogP) is 1.61. The van der Waals surface area contributed by atoms with E-state index >= 15 is 0 Å². The molecule has 1 fully saturated rings. The zero-order chi connectivity index (χ0) is 15.9. The van der Waals surface area contributed by atoms with Crippen LogP contribution in [0.5, 0.6) is 5.75 Å². The van der Waals surface area contributed by atoms with Crippen molar-refractivity contribution in [3.63, 3.8) is 0 Å². The summed E-state index contributed by atoms with van der Waals surface area (Å²) in [6, 6.07) is 3.45. The molecule has 0 aliphatic carbocycles. The predicted molar refractivity (Wildman–Crippen MR) is 83.7 cm³/mol. The van der Waals surface area contributed by atoms with Gasteiger partial charge in [0.1, 0.15) is 11.3 Å². The van der Waals surface area contributed by atoms with Gasteiger partial charge in [0.25, 0.3) is 11.8 Å². The summed E-state index contributed by atoms with van der Waals surface area (Å²) in [5.41, 5.74) is 2.12. The van der Waals surface area contributed by atoms with Gasteiger partial charge >= 0.3 is 0 Å². The summed E-state index contributed by atoms with van der Waals surface area (Å²) in [4.78, 5) is 26.9. The Kier molecular flexibility index (Phi) is 3.82. The number of rotatable bonds is 1. The van der Waals surface area contributed by atoms with Crippen molar-refractivity contribution in [2.75, 3.05) is 14.1 Å². The fourth-order valence-electron chi connectivity index (χ4n) is 2.21. The summed E-state index contributed by atoms with van der Waals surface area (Å²) in [5, 5.41) is 9.95. The van der Waals surface area contributed by atoms with Gasteiger partial charge in [-0.2, -0.15) is 0 Å². The fraction of sp³-hybridized carbons (Fsp3) is 0.267. The van der Waals surface area contributed by atoms with Crippen LogP contribution < -0.4 is 0 Å². The average Bonchev–Trinajstić information content (AvgIpc) is 2.45. The third kappa shape index (κ3) is 2.54. The van der Waals surface area contributed by atoms with Crippen molar-refractivity contribution >= 4 is 35.2 Å². The third-order valence-electron chi connectivity index (χ3n) is 3.47. The average molecular weight is 304 g/mol. The second kappa shape index (κ2) is 5.29. The number of carbonyl (C=O) groups excluding carboxylic acids is 2. The van der Waals surface area contributed by atoms with Gasteiger partial charge in [0.2, 0.25) is 0 Å². The minimum Gasteiger partial charge on any atom is -0.507 e. The minimum atomic E-state index is -0.425. The lowest BCUT2D eigenvalue weighted by molar-refractivity contribution is -0.132. The van der Waals surface area contributed by atoms with Crippen LogP contribution in [0.3, 0.4) is 0 Å². The summed E-state index contributed by atoms with van der Waals surface area (Å²) < 4.78 is 0. The highest BCUT2D eigenvalue weighted by Crippen LogP contribution is 2.25. The molecule has 0 radical (unpaired) electrons. The Morgan fingerprint density at radius 1 is 1.05 bits per heavy atom. The van der Waals surface area contributed by atoms with Gasteiger partial charge in [-0.15, -0.1) is 0 Å². The van der Waals surface area contributed by atoms with Crippen LogP contribution in [-0.4, -0.2) is 45.9 Å². The molecule has 0 bridgehead atoms. The Hall–Kier alpha value is -2.21. The number of aromatic hydroxyl groups is 1. The molecule has 110 valence electrons. The number of thiocarbonyl (C=S) groups is 1. The number of nitrogens with zero attached hydrogens (tertiary/aromatic N) is 2. The van der Waals surface area contributed by atoms with Crippen LogP contribution in [0.1, 0.15) is 16.7 Å². The van der Waals surface area contributed by atoms with Crippen LogP contribution in [0.15, 0.2) is 17.7 Å². The van der Waals surface area contributed by atoms with Crippen LogP contribution >= 0.6 is 12.2 Å². The van der Waals surface area contributed by atoms with Gasteiger partial charge in [0, 0.05) is 14.1 Å². The Bertz CT molecular complexity index is 645. The smallest absolute Gasteiger partial charge is 0.265 e. The molecule has 0 aromatic heterocycles. The number of hydrogen-bond donors (Lipinski definition) is 1. The van der Waals surface area contributed by atoms with Crippen molar-refractivity contribution in [3.05, 3.63) is 34.4 Å². The van der Waals surface area contributed by atoms with Crippen LogP contribution in [-0.2, 0) is 9.59 Å². The number of likely N-dealkylation sites (N-methyl/N-ethyl adjacent to an activating group) is 2. The van der Waals surface area contributed by atoms with Crippen molar-refractivity contribution in [3.8, 4) is 5.75 Å². The first-order valence-electron chi connectivity index (χ1n) is 6.36. The molecule has 1 N–H and O–H groups in total. The highest BCUT2D eigenvalue weighted by atomic mass is 32.1. The normalized spacial score (nSPS) is 15.8. The molecule has 0 spiro atoms. The molecule has 2 rings (SSSR count). The number of amides is 2. The van der Waals surface area contributed by atoms with E-state index in [1.54, 1.807) is 26.0 Å². The van der Waals surface area contributed by atoms with E-state index in [4.69, 9.17) is 12.2 Å². The monoisotopic (exact) mass is 304 g/mol. The maximum atomic E-state index is 12.2. The Labute approximate surface area is 128 Å². The van der Waals surface area contributed by atoms with Crippen LogP contribution in [0.2, 0.25) is 0 Å². The van der Waals surface area contributed by atoms with Crippen molar-refractivity contribution in [2.45, 2.75) is 13.8 Å². The lowest BCUT2D eigenvalue weighted by Crippen LogP contribution is -2.52. The van der Waals surface area contributed by atoms with Crippen molar-refractivity contribution in [1.29, 1.82) is 0 Å². The second-order valence-electron chi connectivity index (χ2n) is 5.07. The van der Waals surface area contributed by atoms with Crippen LogP contribution in [0.4, 0.5) is 0 Å². The van der Waals surface area contributed by atoms with E-state index in [9.17, 15) is 14.7 Å². The molecule has 2 amide bonds. The molecule has 1 heterocycles. The highest BCUT2D eigenvalue weighted by Gasteiger charge is 2.35. The van der Waals surface area contributed by atoms with E-state index in [2.05, 4.69) is 0 Å². The van der Waals surface area contributed by atoms with E-state index < -0.39 is 11.8 Å². The van der Waals surface area contributed by atoms with Gasteiger partial charge in [-0.3, -0.25) is 19.4 Å². The van der Waals surface area contributed by atoms with E-state index in [-0.39, 0.29) is 16.4 Å². The van der Waals surface area contributed by atoms with Crippen LogP contribution in [0, 0.1) is 13.8 Å². The zero-order valence-electron chi connectivity index (χ0n) is 12.3. The van der Waals surface area contributed by atoms with Gasteiger partial charge in [0.15, 0.2) is 5.11 Å². The summed E-state index contributed by atoms with van der Waals surface area (Å²) in [7, 11) is 3.07. The largest absolute Gasteiger partial charge is 0.507 e. The maximum Gasteiger partial charge on any atom is 0.265 e. The molecule has 0 atom stereocenters. The fourth-order valence-corrected chi connectivity index (χ4v) is 2.38. The van der Waals surface area contributed by atoms with E-state index in [0.717, 1.165) is 0 Å². The summed E-state index contributed by atoms with van der Waals surface area (Å²) in [6.45, 7) is 3.53. The molecule has 0 saturated carbocycles. The molecule has 6 heteroatoms. The molecule has 1 aromatic carbocycles. The maximum absolute atomic E-state index is 12.2. The first-order valence-corrected chi connectivity index (χ1v) is 6.77. The molecular formula is C15H16N2O3S. The Morgan fingerprint density at radius 3 is 1.90 bits per heavy atom. The Morgan fingerprint density at radius 2 is 1.48 bits per heavy atom. The number of phenols is 1. The first kappa shape index (κ1) is 15.2. The number of phenolic OH excluding ortho intramolecular Hbond substituents is 1. The SMILES string of the molecule is Cc1cc(C=C2C(=O)N(C)C(=S)N(C)C2=O)cc(C)c1O. The summed E-state index contributed by atoms with van der Waals surface area (Å²) in [6.07, 6.45) is 1.53. The standard InChI is InChI=1S/C15H16N2O3S/c1-8-5-10(6-9(2)12(8)18)7-11-13(19)16(3)15(21)17(4)14(11)20/h5-7,18H,1-4H3. The number of carbonyl (C=O) groups is 2. The quantitative estimate of drug-likeness (QED) is 0.486. The van der Waals surface area contributed by atoms with Crippen LogP contribution in [0.25, 0.3) is 6.08 Å². The van der Waals surface area contributed by atoms with Gasteiger partial charge in [-0.05, 0) is 61.0 Å². The van der Waals surface area contributed by atoms with Gasteiger partial charge < -0.3 is 5.11 Å². The molecule has 1 aromatic rings.